The van der Waals surface area contributed by atoms with Gasteiger partial charge in [0, 0.05) is 18.2 Å². The highest BCUT2D eigenvalue weighted by Gasteiger charge is 2.26. The Morgan fingerprint density at radius 1 is 1.39 bits per heavy atom. The van der Waals surface area contributed by atoms with Gasteiger partial charge in [0.1, 0.15) is 6.04 Å². The van der Waals surface area contributed by atoms with E-state index < -0.39 is 6.04 Å². The van der Waals surface area contributed by atoms with Crippen molar-refractivity contribution in [3.63, 3.8) is 0 Å². The molecule has 3 unspecified atom stereocenters. The molecule has 1 aromatic heterocycles. The van der Waals surface area contributed by atoms with Crippen LogP contribution in [0.4, 0.5) is 0 Å². The number of carbonyl (C=O) groups is 1. The maximum atomic E-state index is 12.4. The molecule has 0 bridgehead atoms. The second-order valence-electron chi connectivity index (χ2n) is 6.06. The Bertz CT molecular complexity index is 656. The van der Waals surface area contributed by atoms with Gasteiger partial charge in [-0.05, 0) is 31.0 Å². The Morgan fingerprint density at radius 3 is 2.91 bits per heavy atom. The number of amides is 1. The molecule has 3 rings (SSSR count). The summed E-state index contributed by atoms with van der Waals surface area (Å²) in [6.45, 7) is 5.76. The third-order valence-corrected chi connectivity index (χ3v) is 4.34. The van der Waals surface area contributed by atoms with Crippen molar-refractivity contribution >= 4 is 5.91 Å². The van der Waals surface area contributed by atoms with Gasteiger partial charge in [0.05, 0.1) is 0 Å². The SMILES string of the molecule is CC1CCNCC1NC(=O)C(C)n1nnc(-c2ccccc2)n1. The summed E-state index contributed by atoms with van der Waals surface area (Å²) in [5.41, 5.74) is 0.886. The zero-order valence-corrected chi connectivity index (χ0v) is 13.4. The molecule has 2 N–H and O–H groups in total. The third-order valence-electron chi connectivity index (χ3n) is 4.34. The van der Waals surface area contributed by atoms with Gasteiger partial charge < -0.3 is 10.6 Å². The van der Waals surface area contributed by atoms with E-state index in [-0.39, 0.29) is 11.9 Å². The quantitative estimate of drug-likeness (QED) is 0.880. The van der Waals surface area contributed by atoms with Crippen LogP contribution in [-0.2, 0) is 4.79 Å². The lowest BCUT2D eigenvalue weighted by molar-refractivity contribution is -0.125. The summed E-state index contributed by atoms with van der Waals surface area (Å²) >= 11 is 0. The predicted octanol–water partition coefficient (Wildman–Crippen LogP) is 1.02. The van der Waals surface area contributed by atoms with E-state index in [0.717, 1.165) is 25.1 Å². The molecular weight excluding hydrogens is 292 g/mol. The molecule has 1 aromatic carbocycles. The van der Waals surface area contributed by atoms with E-state index in [9.17, 15) is 4.79 Å². The molecule has 1 aliphatic rings. The van der Waals surface area contributed by atoms with E-state index in [4.69, 9.17) is 0 Å². The van der Waals surface area contributed by atoms with Crippen LogP contribution in [0.3, 0.4) is 0 Å². The highest BCUT2D eigenvalue weighted by molar-refractivity contribution is 5.80. The van der Waals surface area contributed by atoms with Crippen molar-refractivity contribution < 1.29 is 4.79 Å². The second kappa shape index (κ2) is 6.87. The Balaban J connectivity index is 1.67. The van der Waals surface area contributed by atoms with Crippen molar-refractivity contribution in [2.45, 2.75) is 32.4 Å². The Labute approximate surface area is 135 Å². The Hall–Kier alpha value is -2.28. The number of nitrogens with zero attached hydrogens (tertiary/aromatic N) is 4. The van der Waals surface area contributed by atoms with Crippen molar-refractivity contribution in [2.75, 3.05) is 13.1 Å². The molecular formula is C16H22N6O. The average Bonchev–Trinajstić information content (AvgIpc) is 3.07. The maximum Gasteiger partial charge on any atom is 0.246 e. The molecule has 7 heteroatoms. The van der Waals surface area contributed by atoms with Crippen LogP contribution in [0.5, 0.6) is 0 Å². The van der Waals surface area contributed by atoms with Crippen LogP contribution in [0.15, 0.2) is 30.3 Å². The molecule has 3 atom stereocenters. The van der Waals surface area contributed by atoms with Gasteiger partial charge in [0.15, 0.2) is 0 Å². The lowest BCUT2D eigenvalue weighted by Gasteiger charge is -2.30. The van der Waals surface area contributed by atoms with Gasteiger partial charge in [-0.25, -0.2) is 0 Å². The van der Waals surface area contributed by atoms with Crippen molar-refractivity contribution in [2.24, 2.45) is 5.92 Å². The summed E-state index contributed by atoms with van der Waals surface area (Å²) < 4.78 is 0. The molecule has 0 spiro atoms. The van der Waals surface area contributed by atoms with Gasteiger partial charge >= 0.3 is 0 Å². The first kappa shape index (κ1) is 15.6. The fourth-order valence-electron chi connectivity index (χ4n) is 2.68. The normalized spacial score (nSPS) is 22.5. The summed E-state index contributed by atoms with van der Waals surface area (Å²) in [5, 5.41) is 18.8. The molecule has 1 saturated heterocycles. The standard InChI is InChI=1S/C16H22N6O/c1-11-8-9-17-10-14(11)18-16(23)12(2)22-20-15(19-21-22)13-6-4-3-5-7-13/h3-7,11-12,14,17H,8-10H2,1-2H3,(H,18,23). The minimum Gasteiger partial charge on any atom is -0.350 e. The topological polar surface area (TPSA) is 84.7 Å². The zero-order valence-electron chi connectivity index (χ0n) is 13.4. The third kappa shape index (κ3) is 3.56. The highest BCUT2D eigenvalue weighted by Crippen LogP contribution is 2.15. The van der Waals surface area contributed by atoms with Crippen LogP contribution in [0.25, 0.3) is 11.4 Å². The first-order chi connectivity index (χ1) is 11.1. The Kier molecular flexibility index (Phi) is 4.66. The highest BCUT2D eigenvalue weighted by atomic mass is 16.2. The molecule has 23 heavy (non-hydrogen) atoms. The van der Waals surface area contributed by atoms with Gasteiger partial charge in [-0.15, -0.1) is 10.2 Å². The number of rotatable bonds is 4. The minimum absolute atomic E-state index is 0.0810. The number of benzene rings is 1. The lowest BCUT2D eigenvalue weighted by atomic mass is 9.94. The van der Waals surface area contributed by atoms with Gasteiger partial charge in [-0.1, -0.05) is 37.3 Å². The Morgan fingerprint density at radius 2 is 2.17 bits per heavy atom. The fourth-order valence-corrected chi connectivity index (χ4v) is 2.68. The number of hydrogen-bond donors (Lipinski definition) is 2. The van der Waals surface area contributed by atoms with Crippen molar-refractivity contribution in [1.82, 2.24) is 30.8 Å². The fraction of sp³-hybridized carbons (Fsp3) is 0.500. The smallest absolute Gasteiger partial charge is 0.246 e. The van der Waals surface area contributed by atoms with E-state index in [2.05, 4.69) is 33.0 Å². The number of carbonyl (C=O) groups excluding carboxylic acids is 1. The molecule has 122 valence electrons. The van der Waals surface area contributed by atoms with E-state index in [0.29, 0.717) is 11.7 Å². The lowest BCUT2D eigenvalue weighted by Crippen LogP contribution is -2.51. The number of nitrogens with one attached hydrogen (secondary N) is 2. The zero-order chi connectivity index (χ0) is 16.2. The van der Waals surface area contributed by atoms with Crippen LogP contribution < -0.4 is 10.6 Å². The predicted molar refractivity (Wildman–Crippen MR) is 86.5 cm³/mol. The molecule has 2 aromatic rings. The van der Waals surface area contributed by atoms with Crippen LogP contribution in [-0.4, -0.2) is 45.2 Å². The maximum absolute atomic E-state index is 12.4. The largest absolute Gasteiger partial charge is 0.350 e. The average molecular weight is 314 g/mol. The number of piperidine rings is 1. The van der Waals surface area contributed by atoms with E-state index >= 15 is 0 Å². The first-order valence-electron chi connectivity index (χ1n) is 8.01. The van der Waals surface area contributed by atoms with Crippen molar-refractivity contribution in [3.05, 3.63) is 30.3 Å². The summed E-state index contributed by atoms with van der Waals surface area (Å²) in [5.74, 6) is 0.913. The minimum atomic E-state index is -0.492. The number of tetrazole rings is 1. The number of aromatic nitrogens is 4. The van der Waals surface area contributed by atoms with Crippen LogP contribution in [0, 0.1) is 5.92 Å². The van der Waals surface area contributed by atoms with Crippen LogP contribution >= 0.6 is 0 Å². The summed E-state index contributed by atoms with van der Waals surface area (Å²) in [6.07, 6.45) is 1.07. The van der Waals surface area contributed by atoms with Gasteiger partial charge in [-0.2, -0.15) is 4.80 Å². The first-order valence-corrected chi connectivity index (χ1v) is 8.01. The van der Waals surface area contributed by atoms with Crippen molar-refractivity contribution in [3.8, 4) is 11.4 Å². The molecule has 0 aliphatic carbocycles. The summed E-state index contributed by atoms with van der Waals surface area (Å²) in [6, 6.07) is 9.27. The molecule has 1 fully saturated rings. The summed E-state index contributed by atoms with van der Waals surface area (Å²) in [4.78, 5) is 13.8. The van der Waals surface area contributed by atoms with Gasteiger partial charge in [0.25, 0.3) is 0 Å². The van der Waals surface area contributed by atoms with Gasteiger partial charge in [-0.3, -0.25) is 4.79 Å². The number of hydrogen-bond acceptors (Lipinski definition) is 5. The summed E-state index contributed by atoms with van der Waals surface area (Å²) in [7, 11) is 0. The van der Waals surface area contributed by atoms with Crippen LogP contribution in [0.1, 0.15) is 26.3 Å². The molecule has 0 saturated carbocycles. The van der Waals surface area contributed by atoms with E-state index in [1.807, 2.05) is 30.3 Å². The monoisotopic (exact) mass is 314 g/mol. The molecule has 7 nitrogen and oxygen atoms in total. The molecule has 1 amide bonds. The van der Waals surface area contributed by atoms with Gasteiger partial charge in [0.2, 0.25) is 11.7 Å². The molecule has 0 radical (unpaired) electrons. The van der Waals surface area contributed by atoms with Crippen molar-refractivity contribution in [1.29, 1.82) is 0 Å². The van der Waals surface area contributed by atoms with Crippen LogP contribution in [0.2, 0.25) is 0 Å². The molecule has 1 aliphatic heterocycles. The van der Waals surface area contributed by atoms with E-state index in [1.54, 1.807) is 6.92 Å². The molecule has 2 heterocycles. The second-order valence-corrected chi connectivity index (χ2v) is 6.06. The van der Waals surface area contributed by atoms with E-state index in [1.165, 1.54) is 4.80 Å².